The van der Waals surface area contributed by atoms with Crippen LogP contribution in [0.3, 0.4) is 0 Å². The average molecular weight is 489 g/mol. The van der Waals surface area contributed by atoms with E-state index in [0.29, 0.717) is 22.7 Å². The molecule has 1 amide bonds. The predicted molar refractivity (Wildman–Crippen MR) is 121 cm³/mol. The maximum absolute atomic E-state index is 13.0. The summed E-state index contributed by atoms with van der Waals surface area (Å²) in [5, 5.41) is 2.77. The van der Waals surface area contributed by atoms with Crippen LogP contribution in [-0.2, 0) is 21.2 Å². The summed E-state index contributed by atoms with van der Waals surface area (Å²) in [4.78, 5) is 12.5. The van der Waals surface area contributed by atoms with Gasteiger partial charge in [-0.05, 0) is 48.4 Å². The zero-order chi connectivity index (χ0) is 21.7. The first-order valence-electron chi connectivity index (χ1n) is 9.10. The highest BCUT2D eigenvalue weighted by Gasteiger charge is 2.20. The van der Waals surface area contributed by atoms with E-state index in [9.17, 15) is 13.2 Å². The van der Waals surface area contributed by atoms with Gasteiger partial charge in [-0.2, -0.15) is 0 Å². The van der Waals surface area contributed by atoms with Gasteiger partial charge in [0.05, 0.1) is 24.1 Å². The summed E-state index contributed by atoms with van der Waals surface area (Å²) in [7, 11) is -2.42. The van der Waals surface area contributed by atoms with Crippen LogP contribution in [-0.4, -0.2) is 21.4 Å². The highest BCUT2D eigenvalue weighted by Crippen LogP contribution is 2.28. The van der Waals surface area contributed by atoms with Gasteiger partial charge in [0.15, 0.2) is 0 Å². The standard InChI is InChI=1S/C22H21BrN2O4S/c1-15-11-12-17(24-22(26)13-16-7-3-4-8-18(16)23)14-21(15)30(27,28)25-19-9-5-6-10-20(19)29-2/h3-12,14,25H,13H2,1-2H3,(H,24,26). The minimum Gasteiger partial charge on any atom is -0.495 e. The molecule has 0 saturated carbocycles. The van der Waals surface area contributed by atoms with Gasteiger partial charge in [0.2, 0.25) is 5.91 Å². The van der Waals surface area contributed by atoms with E-state index < -0.39 is 10.0 Å². The van der Waals surface area contributed by atoms with E-state index in [2.05, 4.69) is 26.0 Å². The van der Waals surface area contributed by atoms with E-state index in [1.54, 1.807) is 43.3 Å². The molecule has 8 heteroatoms. The summed E-state index contributed by atoms with van der Waals surface area (Å²) >= 11 is 3.42. The number of anilines is 2. The molecule has 3 rings (SSSR count). The number of nitrogens with one attached hydrogen (secondary N) is 2. The summed E-state index contributed by atoms with van der Waals surface area (Å²) < 4.78 is 34.6. The number of carbonyl (C=O) groups excluding carboxylic acids is 1. The van der Waals surface area contributed by atoms with Crippen LogP contribution < -0.4 is 14.8 Å². The first kappa shape index (κ1) is 21.9. The molecule has 0 saturated heterocycles. The fourth-order valence-electron chi connectivity index (χ4n) is 2.92. The molecule has 3 aromatic carbocycles. The lowest BCUT2D eigenvalue weighted by atomic mass is 10.1. The van der Waals surface area contributed by atoms with Crippen LogP contribution in [0.25, 0.3) is 0 Å². The Morgan fingerprint density at radius 3 is 2.47 bits per heavy atom. The summed E-state index contributed by atoms with van der Waals surface area (Å²) in [6.07, 6.45) is 0.164. The molecule has 0 aromatic heterocycles. The number of amides is 1. The van der Waals surface area contributed by atoms with Gasteiger partial charge in [-0.25, -0.2) is 8.42 Å². The molecule has 0 fully saturated rings. The van der Waals surface area contributed by atoms with Crippen molar-refractivity contribution in [3.05, 3.63) is 82.3 Å². The Kier molecular flexibility index (Phi) is 6.79. The second kappa shape index (κ2) is 9.32. The quantitative estimate of drug-likeness (QED) is 0.502. The number of aryl methyl sites for hydroxylation is 1. The van der Waals surface area contributed by atoms with E-state index in [1.807, 2.05) is 24.3 Å². The monoisotopic (exact) mass is 488 g/mol. The Hall–Kier alpha value is -2.84. The molecule has 0 aliphatic carbocycles. The van der Waals surface area contributed by atoms with Gasteiger partial charge in [-0.3, -0.25) is 9.52 Å². The van der Waals surface area contributed by atoms with E-state index in [-0.39, 0.29) is 17.2 Å². The fraction of sp³-hybridized carbons (Fsp3) is 0.136. The summed E-state index contributed by atoms with van der Waals surface area (Å²) in [5.41, 5.74) is 2.13. The van der Waals surface area contributed by atoms with Gasteiger partial charge >= 0.3 is 0 Å². The maximum atomic E-state index is 13.0. The lowest BCUT2D eigenvalue weighted by Crippen LogP contribution is -2.17. The SMILES string of the molecule is COc1ccccc1NS(=O)(=O)c1cc(NC(=O)Cc2ccccc2Br)ccc1C. The van der Waals surface area contributed by atoms with Crippen LogP contribution in [0.4, 0.5) is 11.4 Å². The molecule has 156 valence electrons. The van der Waals surface area contributed by atoms with Crippen LogP contribution in [0.15, 0.2) is 76.1 Å². The summed E-state index contributed by atoms with van der Waals surface area (Å²) in [6, 6.07) is 19.0. The molecule has 6 nitrogen and oxygen atoms in total. The molecule has 0 radical (unpaired) electrons. The third kappa shape index (κ3) is 5.20. The number of rotatable bonds is 7. The Morgan fingerprint density at radius 2 is 1.73 bits per heavy atom. The number of sulfonamides is 1. The van der Waals surface area contributed by atoms with Crippen molar-refractivity contribution in [1.82, 2.24) is 0 Å². The first-order chi connectivity index (χ1) is 14.3. The number of hydrogen-bond donors (Lipinski definition) is 2. The lowest BCUT2D eigenvalue weighted by molar-refractivity contribution is -0.115. The van der Waals surface area contributed by atoms with Crippen LogP contribution in [0, 0.1) is 6.92 Å². The fourth-order valence-corrected chi connectivity index (χ4v) is 4.68. The van der Waals surface area contributed by atoms with Crippen molar-refractivity contribution in [3.63, 3.8) is 0 Å². The Labute approximate surface area is 184 Å². The van der Waals surface area contributed by atoms with Gasteiger partial charge in [-0.1, -0.05) is 52.3 Å². The van der Waals surface area contributed by atoms with Gasteiger partial charge in [-0.15, -0.1) is 0 Å². The molecule has 0 aliphatic heterocycles. The molecule has 0 heterocycles. The smallest absolute Gasteiger partial charge is 0.262 e. The highest BCUT2D eigenvalue weighted by molar-refractivity contribution is 9.10. The van der Waals surface area contributed by atoms with Crippen molar-refractivity contribution in [2.45, 2.75) is 18.2 Å². The predicted octanol–water partition coefficient (Wildman–Crippen LogP) is 4.75. The molecule has 0 bridgehead atoms. The van der Waals surface area contributed by atoms with Gasteiger partial charge in [0.25, 0.3) is 10.0 Å². The van der Waals surface area contributed by atoms with Crippen LogP contribution in [0.2, 0.25) is 0 Å². The average Bonchev–Trinajstić information content (AvgIpc) is 2.71. The van der Waals surface area contributed by atoms with Crippen LogP contribution in [0.1, 0.15) is 11.1 Å². The molecule has 0 spiro atoms. The number of para-hydroxylation sites is 2. The molecule has 3 aromatic rings. The van der Waals surface area contributed by atoms with Crippen LogP contribution in [0.5, 0.6) is 5.75 Å². The normalized spacial score (nSPS) is 11.0. The summed E-state index contributed by atoms with van der Waals surface area (Å²) in [6.45, 7) is 1.70. The van der Waals surface area contributed by atoms with E-state index in [4.69, 9.17) is 4.74 Å². The van der Waals surface area contributed by atoms with Crippen molar-refractivity contribution in [3.8, 4) is 5.75 Å². The Balaban J connectivity index is 1.82. The number of methoxy groups -OCH3 is 1. The summed E-state index contributed by atoms with van der Waals surface area (Å²) in [5.74, 6) is 0.170. The topological polar surface area (TPSA) is 84.5 Å². The molecule has 0 unspecified atom stereocenters. The zero-order valence-corrected chi connectivity index (χ0v) is 18.9. The van der Waals surface area contributed by atoms with Crippen molar-refractivity contribution in [1.29, 1.82) is 0 Å². The second-order valence-corrected chi connectivity index (χ2v) is 9.11. The van der Waals surface area contributed by atoms with Gasteiger partial charge in [0, 0.05) is 10.2 Å². The first-order valence-corrected chi connectivity index (χ1v) is 11.4. The molecular weight excluding hydrogens is 468 g/mol. The van der Waals surface area contributed by atoms with Crippen molar-refractivity contribution in [2.24, 2.45) is 0 Å². The van der Waals surface area contributed by atoms with E-state index >= 15 is 0 Å². The van der Waals surface area contributed by atoms with Gasteiger partial charge in [0.1, 0.15) is 5.75 Å². The molecule has 0 atom stereocenters. The number of hydrogen-bond acceptors (Lipinski definition) is 4. The molecule has 2 N–H and O–H groups in total. The molecular formula is C22H21BrN2O4S. The number of ether oxygens (including phenoxy) is 1. The van der Waals surface area contributed by atoms with E-state index in [0.717, 1.165) is 10.0 Å². The number of carbonyl (C=O) groups is 1. The van der Waals surface area contributed by atoms with Crippen molar-refractivity contribution < 1.29 is 17.9 Å². The highest BCUT2D eigenvalue weighted by atomic mass is 79.9. The minimum absolute atomic E-state index is 0.0760. The Morgan fingerprint density at radius 1 is 1.03 bits per heavy atom. The van der Waals surface area contributed by atoms with Crippen LogP contribution >= 0.6 is 15.9 Å². The Bertz CT molecular complexity index is 1180. The maximum Gasteiger partial charge on any atom is 0.262 e. The largest absolute Gasteiger partial charge is 0.495 e. The molecule has 0 aliphatic rings. The second-order valence-electron chi connectivity index (χ2n) is 6.60. The lowest BCUT2D eigenvalue weighted by Gasteiger charge is -2.14. The third-order valence-electron chi connectivity index (χ3n) is 4.42. The van der Waals surface area contributed by atoms with Crippen molar-refractivity contribution >= 4 is 43.2 Å². The van der Waals surface area contributed by atoms with E-state index in [1.165, 1.54) is 13.2 Å². The minimum atomic E-state index is -3.89. The third-order valence-corrected chi connectivity index (χ3v) is 6.70. The molecule has 30 heavy (non-hydrogen) atoms. The number of benzene rings is 3. The number of halogens is 1. The van der Waals surface area contributed by atoms with Gasteiger partial charge < -0.3 is 10.1 Å². The van der Waals surface area contributed by atoms with Crippen molar-refractivity contribution in [2.75, 3.05) is 17.1 Å². The zero-order valence-electron chi connectivity index (χ0n) is 16.5.